The molecule has 35 heavy (non-hydrogen) atoms. The summed E-state index contributed by atoms with van der Waals surface area (Å²) in [5.74, 6) is 0. The van der Waals surface area contributed by atoms with Gasteiger partial charge >= 0.3 is 6.09 Å². The molecule has 186 valence electrons. The molecule has 2 aromatic heterocycles. The highest BCUT2D eigenvalue weighted by Gasteiger charge is 2.39. The molecule has 1 N–H and O–H groups in total. The summed E-state index contributed by atoms with van der Waals surface area (Å²) in [4.78, 5) is 22.7. The van der Waals surface area contributed by atoms with Gasteiger partial charge in [-0.05, 0) is 76.8 Å². The number of ether oxygens (including phenoxy) is 1. The molecule has 6 nitrogen and oxygen atoms in total. The number of carbonyl (C=O) groups is 1. The zero-order valence-corrected chi connectivity index (χ0v) is 22.2. The van der Waals surface area contributed by atoms with Crippen LogP contribution in [-0.4, -0.2) is 51.9 Å². The summed E-state index contributed by atoms with van der Waals surface area (Å²) in [6, 6.07) is 8.44. The number of anilines is 1. The van der Waals surface area contributed by atoms with Crippen molar-refractivity contribution in [3.63, 3.8) is 0 Å². The number of fused-ring (bicyclic) bond motifs is 2. The number of thiophene rings is 1. The Morgan fingerprint density at radius 2 is 2.09 bits per heavy atom. The number of hydrogen-bond acceptors (Lipinski definition) is 6. The van der Waals surface area contributed by atoms with E-state index in [2.05, 4.69) is 28.9 Å². The molecule has 2 unspecified atom stereocenters. The first kappa shape index (κ1) is 24.3. The molecule has 0 spiro atoms. The fourth-order valence-electron chi connectivity index (χ4n) is 5.39. The SMILES string of the molecule is CC1CC(N2CCCc3cc(Cl)cc(-c4ccnc5cc(CO)sc45)c32)CN1C(=O)OC(C)(C)C. The van der Waals surface area contributed by atoms with Gasteiger partial charge in [0.25, 0.3) is 0 Å². The Kier molecular flexibility index (Phi) is 6.45. The van der Waals surface area contributed by atoms with Gasteiger partial charge in [0.2, 0.25) is 0 Å². The third-order valence-electron chi connectivity index (χ3n) is 6.82. The van der Waals surface area contributed by atoms with Crippen LogP contribution in [0.5, 0.6) is 0 Å². The summed E-state index contributed by atoms with van der Waals surface area (Å²) in [5, 5.41) is 10.4. The second-order valence-electron chi connectivity index (χ2n) is 10.6. The van der Waals surface area contributed by atoms with E-state index in [1.54, 1.807) is 11.3 Å². The van der Waals surface area contributed by atoms with Crippen molar-refractivity contribution in [3.8, 4) is 11.1 Å². The average molecular weight is 514 g/mol. The third-order valence-corrected chi connectivity index (χ3v) is 8.18. The fourth-order valence-corrected chi connectivity index (χ4v) is 6.63. The predicted octanol–water partition coefficient (Wildman–Crippen LogP) is 6.26. The standard InChI is InChI=1S/C27H32ClN3O3S/c1-16-10-19(14-31(16)26(33)34-27(2,3)4)30-9-5-6-17-11-18(28)12-22(24(17)30)21-7-8-29-23-13-20(15-32)35-25(21)23/h7-8,11-13,16,19,32H,5-6,9-10,14-15H2,1-4H3. The van der Waals surface area contributed by atoms with Gasteiger partial charge in [-0.15, -0.1) is 11.3 Å². The Bertz CT molecular complexity index is 1270. The summed E-state index contributed by atoms with van der Waals surface area (Å²) in [5.41, 5.74) is 4.99. The van der Waals surface area contributed by atoms with Crippen LogP contribution in [0.4, 0.5) is 10.5 Å². The van der Waals surface area contributed by atoms with Crippen molar-refractivity contribution >= 4 is 44.9 Å². The quantitative estimate of drug-likeness (QED) is 0.447. The molecule has 8 heteroatoms. The van der Waals surface area contributed by atoms with Crippen molar-refractivity contribution in [1.29, 1.82) is 0 Å². The Morgan fingerprint density at radius 1 is 1.29 bits per heavy atom. The van der Waals surface area contributed by atoms with Crippen LogP contribution < -0.4 is 4.90 Å². The Hall–Kier alpha value is -2.35. The van der Waals surface area contributed by atoms with Crippen LogP contribution >= 0.6 is 22.9 Å². The molecule has 0 aliphatic carbocycles. The molecule has 2 atom stereocenters. The number of likely N-dealkylation sites (tertiary alicyclic amines) is 1. The number of aliphatic hydroxyl groups is 1. The van der Waals surface area contributed by atoms with Crippen molar-refractivity contribution in [2.45, 2.75) is 71.2 Å². The molecule has 4 heterocycles. The maximum atomic E-state index is 12.9. The van der Waals surface area contributed by atoms with Gasteiger partial charge < -0.3 is 19.6 Å². The number of nitrogens with zero attached hydrogens (tertiary/aromatic N) is 3. The second-order valence-corrected chi connectivity index (χ2v) is 12.1. The maximum absolute atomic E-state index is 12.9. The number of aliphatic hydroxyl groups excluding tert-OH is 1. The summed E-state index contributed by atoms with van der Waals surface area (Å²) in [6.07, 6.45) is 4.49. The molecule has 0 bridgehead atoms. The lowest BCUT2D eigenvalue weighted by molar-refractivity contribution is 0.0237. The van der Waals surface area contributed by atoms with Gasteiger partial charge in [0.05, 0.1) is 16.8 Å². The summed E-state index contributed by atoms with van der Waals surface area (Å²) in [6.45, 7) is 9.39. The van der Waals surface area contributed by atoms with Gasteiger partial charge in [0, 0.05) is 58.1 Å². The highest BCUT2D eigenvalue weighted by atomic mass is 35.5. The average Bonchev–Trinajstić information content (AvgIpc) is 3.40. The van der Waals surface area contributed by atoms with Crippen molar-refractivity contribution in [1.82, 2.24) is 9.88 Å². The Balaban J connectivity index is 1.55. The minimum atomic E-state index is -0.516. The molecule has 1 aromatic carbocycles. The van der Waals surface area contributed by atoms with Gasteiger partial charge in [-0.1, -0.05) is 11.6 Å². The lowest BCUT2D eigenvalue weighted by Crippen LogP contribution is -2.43. The zero-order valence-electron chi connectivity index (χ0n) is 20.7. The zero-order chi connectivity index (χ0) is 24.9. The van der Waals surface area contributed by atoms with Crippen molar-refractivity contribution in [2.75, 3.05) is 18.0 Å². The number of hydrogen-bond donors (Lipinski definition) is 1. The molecular formula is C27H32ClN3O3S. The van der Waals surface area contributed by atoms with E-state index in [1.807, 2.05) is 44.0 Å². The molecule has 2 aliphatic rings. The minimum absolute atomic E-state index is 0.000702. The fraction of sp³-hybridized carbons (Fsp3) is 0.481. The highest BCUT2D eigenvalue weighted by molar-refractivity contribution is 7.19. The number of aromatic nitrogens is 1. The second kappa shape index (κ2) is 9.26. The monoisotopic (exact) mass is 513 g/mol. The Labute approximate surface area is 215 Å². The van der Waals surface area contributed by atoms with E-state index in [4.69, 9.17) is 16.3 Å². The first-order valence-corrected chi connectivity index (χ1v) is 13.4. The Morgan fingerprint density at radius 3 is 2.83 bits per heavy atom. The molecular weight excluding hydrogens is 482 g/mol. The molecule has 0 radical (unpaired) electrons. The van der Waals surface area contributed by atoms with Crippen molar-refractivity contribution in [2.24, 2.45) is 0 Å². The van der Waals surface area contributed by atoms with Crippen LogP contribution in [0.25, 0.3) is 21.3 Å². The molecule has 1 amide bonds. The minimum Gasteiger partial charge on any atom is -0.444 e. The number of pyridine rings is 1. The predicted molar refractivity (Wildman–Crippen MR) is 142 cm³/mol. The lowest BCUT2D eigenvalue weighted by Gasteiger charge is -2.38. The number of rotatable bonds is 3. The van der Waals surface area contributed by atoms with Gasteiger partial charge in [-0.2, -0.15) is 0 Å². The number of benzene rings is 1. The van der Waals surface area contributed by atoms with Crippen LogP contribution in [0.15, 0.2) is 30.5 Å². The van der Waals surface area contributed by atoms with E-state index in [0.29, 0.717) is 6.54 Å². The largest absolute Gasteiger partial charge is 0.444 e. The van der Waals surface area contributed by atoms with Crippen LogP contribution in [0.2, 0.25) is 5.02 Å². The summed E-state index contributed by atoms with van der Waals surface area (Å²) >= 11 is 8.21. The summed E-state index contributed by atoms with van der Waals surface area (Å²) < 4.78 is 6.75. The van der Waals surface area contributed by atoms with Gasteiger partial charge in [-0.3, -0.25) is 4.98 Å². The van der Waals surface area contributed by atoms with E-state index < -0.39 is 5.60 Å². The van der Waals surface area contributed by atoms with Crippen LogP contribution in [0.1, 0.15) is 51.0 Å². The van der Waals surface area contributed by atoms with Gasteiger partial charge in [-0.25, -0.2) is 4.79 Å². The summed E-state index contributed by atoms with van der Waals surface area (Å²) in [7, 11) is 0. The molecule has 3 aromatic rings. The van der Waals surface area contributed by atoms with Crippen LogP contribution in [0, 0.1) is 0 Å². The molecule has 1 fully saturated rings. The lowest BCUT2D eigenvalue weighted by atomic mass is 9.92. The highest BCUT2D eigenvalue weighted by Crippen LogP contribution is 2.45. The van der Waals surface area contributed by atoms with Gasteiger partial charge in [0.1, 0.15) is 5.60 Å². The van der Waals surface area contributed by atoms with Crippen molar-refractivity contribution < 1.29 is 14.6 Å². The van der Waals surface area contributed by atoms with Crippen LogP contribution in [0.3, 0.4) is 0 Å². The number of carbonyl (C=O) groups excluding carboxylic acids is 1. The molecule has 2 aliphatic heterocycles. The van der Waals surface area contributed by atoms with E-state index in [0.717, 1.165) is 57.1 Å². The van der Waals surface area contributed by atoms with Gasteiger partial charge in [0.15, 0.2) is 0 Å². The number of halogens is 1. The first-order chi connectivity index (χ1) is 16.6. The smallest absolute Gasteiger partial charge is 0.410 e. The van der Waals surface area contributed by atoms with E-state index >= 15 is 0 Å². The molecule has 1 saturated heterocycles. The topological polar surface area (TPSA) is 65.9 Å². The third kappa shape index (κ3) is 4.74. The van der Waals surface area contributed by atoms with E-state index in [1.165, 1.54) is 11.3 Å². The molecule has 5 rings (SSSR count). The number of amides is 1. The maximum Gasteiger partial charge on any atom is 0.410 e. The first-order valence-electron chi connectivity index (χ1n) is 12.2. The van der Waals surface area contributed by atoms with Crippen LogP contribution in [-0.2, 0) is 17.8 Å². The molecule has 0 saturated carbocycles. The van der Waals surface area contributed by atoms with E-state index in [-0.39, 0.29) is 24.8 Å². The number of aryl methyl sites for hydroxylation is 1. The van der Waals surface area contributed by atoms with E-state index in [9.17, 15) is 9.90 Å². The van der Waals surface area contributed by atoms with Crippen molar-refractivity contribution in [3.05, 3.63) is 45.9 Å². The normalized spacial score (nSPS) is 20.4.